The molecule has 1 saturated carbocycles. The Morgan fingerprint density at radius 1 is 1.39 bits per heavy atom. The lowest BCUT2D eigenvalue weighted by molar-refractivity contribution is -0.139. The molecule has 1 aliphatic carbocycles. The number of benzene rings is 1. The average molecular weight is 273 g/mol. The summed E-state index contributed by atoms with van der Waals surface area (Å²) in [4.78, 5) is 11.1. The van der Waals surface area contributed by atoms with Gasteiger partial charge in [0, 0.05) is 12.2 Å². The lowest BCUT2D eigenvalue weighted by atomic mass is 10.1. The molecule has 1 fully saturated rings. The molecule has 3 N–H and O–H groups in total. The first kappa shape index (κ1) is 13.0. The predicted molar refractivity (Wildman–Crippen MR) is 62.3 cm³/mol. The van der Waals surface area contributed by atoms with E-state index in [1.165, 1.54) is 12.1 Å². The number of hydrogen-bond acceptors (Lipinski definition) is 4. The van der Waals surface area contributed by atoms with Gasteiger partial charge in [-0.3, -0.25) is 4.79 Å². The normalized spacial score (nSPS) is 31.1. The number of halogens is 1. The summed E-state index contributed by atoms with van der Waals surface area (Å²) in [6, 6.07) is 5.01. The van der Waals surface area contributed by atoms with Crippen LogP contribution in [0.25, 0.3) is 0 Å². The molecular formula is C11H12FNO4S. The van der Waals surface area contributed by atoms with Gasteiger partial charge in [-0.1, -0.05) is 12.1 Å². The van der Waals surface area contributed by atoms with E-state index < -0.39 is 38.3 Å². The highest BCUT2D eigenvalue weighted by atomic mass is 32.2. The molecule has 1 aromatic carbocycles. The zero-order valence-electron chi connectivity index (χ0n) is 9.50. The van der Waals surface area contributed by atoms with Crippen LogP contribution < -0.4 is 5.73 Å². The maximum atomic E-state index is 12.8. The number of sulfone groups is 1. The number of rotatable bonds is 3. The van der Waals surface area contributed by atoms with Crippen molar-refractivity contribution < 1.29 is 22.7 Å². The molecule has 2 rings (SSSR count). The summed E-state index contributed by atoms with van der Waals surface area (Å²) in [7, 11) is -3.59. The molecule has 3 atom stereocenters. The first-order chi connectivity index (χ1) is 8.19. The number of carboxylic acid groups (broad SMARTS) is 1. The third-order valence-corrected chi connectivity index (χ3v) is 4.82. The summed E-state index contributed by atoms with van der Waals surface area (Å²) in [6.45, 7) is 0. The van der Waals surface area contributed by atoms with Gasteiger partial charge in [0.05, 0.1) is 5.25 Å². The molecule has 18 heavy (non-hydrogen) atoms. The predicted octanol–water partition coefficient (Wildman–Crippen LogP) is 0.118. The summed E-state index contributed by atoms with van der Waals surface area (Å²) in [5.74, 6) is -2.69. The molecule has 0 unspecified atom stereocenters. The van der Waals surface area contributed by atoms with Crippen molar-refractivity contribution in [3.63, 3.8) is 0 Å². The number of nitrogens with two attached hydrogens (primary N) is 1. The molecule has 98 valence electrons. The number of carboxylic acids is 1. The molecule has 5 nitrogen and oxygen atoms in total. The van der Waals surface area contributed by atoms with Crippen molar-refractivity contribution >= 4 is 15.8 Å². The van der Waals surface area contributed by atoms with E-state index in [0.29, 0.717) is 5.56 Å². The summed E-state index contributed by atoms with van der Waals surface area (Å²) >= 11 is 0. The molecule has 0 spiro atoms. The standard InChI is InChI=1S/C11H12FNO4S/c1-18(16,17)9-8(11(9,13)10(14)15)6-2-4-7(12)5-3-6/h2-5,8-9H,13H2,1H3,(H,14,15)/t8-,9+,11+/m1/s1. The van der Waals surface area contributed by atoms with Crippen LogP contribution in [-0.2, 0) is 14.6 Å². The van der Waals surface area contributed by atoms with Gasteiger partial charge in [0.15, 0.2) is 9.84 Å². The van der Waals surface area contributed by atoms with Gasteiger partial charge in [0.1, 0.15) is 11.4 Å². The Balaban J connectivity index is 2.45. The van der Waals surface area contributed by atoms with E-state index in [4.69, 9.17) is 10.8 Å². The van der Waals surface area contributed by atoms with Crippen LogP contribution in [0.15, 0.2) is 24.3 Å². The van der Waals surface area contributed by atoms with E-state index in [2.05, 4.69) is 0 Å². The first-order valence-corrected chi connectivity index (χ1v) is 7.11. The van der Waals surface area contributed by atoms with Gasteiger partial charge < -0.3 is 10.8 Å². The van der Waals surface area contributed by atoms with Crippen LogP contribution in [0.1, 0.15) is 11.5 Å². The van der Waals surface area contributed by atoms with Crippen molar-refractivity contribution in [1.29, 1.82) is 0 Å². The van der Waals surface area contributed by atoms with Crippen molar-refractivity contribution in [2.45, 2.75) is 16.7 Å². The molecule has 0 heterocycles. The van der Waals surface area contributed by atoms with E-state index >= 15 is 0 Å². The fourth-order valence-electron chi connectivity index (χ4n) is 2.35. The van der Waals surface area contributed by atoms with Gasteiger partial charge in [0.25, 0.3) is 0 Å². The van der Waals surface area contributed by atoms with E-state index in [-0.39, 0.29) is 0 Å². The van der Waals surface area contributed by atoms with E-state index in [1.54, 1.807) is 0 Å². The summed E-state index contributed by atoms with van der Waals surface area (Å²) in [5.41, 5.74) is 4.25. The third kappa shape index (κ3) is 1.79. The second-order valence-corrected chi connectivity index (χ2v) is 6.68. The largest absolute Gasteiger partial charge is 0.480 e. The van der Waals surface area contributed by atoms with Crippen LogP contribution in [0.2, 0.25) is 0 Å². The highest BCUT2D eigenvalue weighted by Gasteiger charge is 2.73. The minimum atomic E-state index is -3.59. The lowest BCUT2D eigenvalue weighted by Crippen LogP contribution is -2.39. The second-order valence-electron chi connectivity index (χ2n) is 4.52. The Hall–Kier alpha value is -1.47. The molecular weight excluding hydrogens is 261 g/mol. The Kier molecular flexibility index (Phi) is 2.71. The minimum absolute atomic E-state index is 0.414. The Bertz CT molecular complexity index is 598. The zero-order chi connectivity index (χ0) is 13.7. The maximum absolute atomic E-state index is 12.8. The minimum Gasteiger partial charge on any atom is -0.480 e. The van der Waals surface area contributed by atoms with Crippen molar-refractivity contribution in [3.05, 3.63) is 35.6 Å². The van der Waals surface area contributed by atoms with Crippen molar-refractivity contribution in [1.82, 2.24) is 0 Å². The van der Waals surface area contributed by atoms with Crippen LogP contribution >= 0.6 is 0 Å². The van der Waals surface area contributed by atoms with Gasteiger partial charge in [-0.15, -0.1) is 0 Å². The monoisotopic (exact) mass is 273 g/mol. The highest BCUT2D eigenvalue weighted by Crippen LogP contribution is 2.53. The van der Waals surface area contributed by atoms with Gasteiger partial charge >= 0.3 is 5.97 Å². The van der Waals surface area contributed by atoms with E-state index in [1.807, 2.05) is 0 Å². The molecule has 0 radical (unpaired) electrons. The Morgan fingerprint density at radius 3 is 2.22 bits per heavy atom. The lowest BCUT2D eigenvalue weighted by Gasteiger charge is -2.04. The SMILES string of the molecule is CS(=O)(=O)[C@H]1[C@@H](c2ccc(F)cc2)[C@@]1(N)C(=O)O. The van der Waals surface area contributed by atoms with Crippen LogP contribution in [0, 0.1) is 5.82 Å². The molecule has 7 heteroatoms. The van der Waals surface area contributed by atoms with Crippen molar-refractivity contribution in [2.24, 2.45) is 5.73 Å². The fraction of sp³-hybridized carbons (Fsp3) is 0.364. The van der Waals surface area contributed by atoms with Gasteiger partial charge in [-0.2, -0.15) is 0 Å². The molecule has 0 aromatic heterocycles. The summed E-state index contributed by atoms with van der Waals surface area (Å²) in [6.07, 6.45) is 0.950. The topological polar surface area (TPSA) is 97.5 Å². The number of carbonyl (C=O) groups is 1. The van der Waals surface area contributed by atoms with E-state index in [0.717, 1.165) is 18.4 Å². The first-order valence-electron chi connectivity index (χ1n) is 5.15. The Labute approximate surface area is 103 Å². The molecule has 0 amide bonds. The maximum Gasteiger partial charge on any atom is 0.325 e. The van der Waals surface area contributed by atoms with Gasteiger partial charge in [-0.25, -0.2) is 12.8 Å². The number of aliphatic carboxylic acids is 1. The van der Waals surface area contributed by atoms with Gasteiger partial charge in [0.2, 0.25) is 0 Å². The molecule has 0 bridgehead atoms. The van der Waals surface area contributed by atoms with Crippen LogP contribution in [-0.4, -0.2) is 36.5 Å². The average Bonchev–Trinajstić information content (AvgIpc) is 2.87. The number of hydrogen-bond donors (Lipinski definition) is 2. The van der Waals surface area contributed by atoms with E-state index in [9.17, 15) is 17.6 Å². The molecule has 1 aliphatic rings. The molecule has 1 aromatic rings. The van der Waals surface area contributed by atoms with Crippen LogP contribution in [0.5, 0.6) is 0 Å². The molecule has 0 aliphatic heterocycles. The van der Waals surface area contributed by atoms with Crippen molar-refractivity contribution in [2.75, 3.05) is 6.26 Å². The quantitative estimate of drug-likeness (QED) is 0.815. The van der Waals surface area contributed by atoms with Gasteiger partial charge in [-0.05, 0) is 17.7 Å². The Morgan fingerprint density at radius 2 is 1.89 bits per heavy atom. The fourth-order valence-corrected chi connectivity index (χ4v) is 4.11. The second kappa shape index (κ2) is 3.76. The van der Waals surface area contributed by atoms with Crippen LogP contribution in [0.3, 0.4) is 0 Å². The summed E-state index contributed by atoms with van der Waals surface area (Å²) < 4.78 is 35.9. The molecule has 0 saturated heterocycles. The third-order valence-electron chi connectivity index (χ3n) is 3.24. The van der Waals surface area contributed by atoms with Crippen LogP contribution in [0.4, 0.5) is 4.39 Å². The zero-order valence-corrected chi connectivity index (χ0v) is 10.3. The summed E-state index contributed by atoms with van der Waals surface area (Å²) in [5, 5.41) is 7.90. The van der Waals surface area contributed by atoms with Crippen molar-refractivity contribution in [3.8, 4) is 0 Å². The highest BCUT2D eigenvalue weighted by molar-refractivity contribution is 7.91. The smallest absolute Gasteiger partial charge is 0.325 e.